The van der Waals surface area contributed by atoms with Gasteiger partial charge in [-0.15, -0.1) is 0 Å². The summed E-state index contributed by atoms with van der Waals surface area (Å²) in [5.74, 6) is -0.118. The second-order valence-electron chi connectivity index (χ2n) is 5.83. The highest BCUT2D eigenvalue weighted by Crippen LogP contribution is 2.13. The third kappa shape index (κ3) is 4.18. The number of hydrogen-bond donors (Lipinski definition) is 1. The van der Waals surface area contributed by atoms with E-state index in [2.05, 4.69) is 15.3 Å². The van der Waals surface area contributed by atoms with E-state index in [0.717, 1.165) is 24.3 Å². The van der Waals surface area contributed by atoms with Crippen LogP contribution in [0.4, 0.5) is 0 Å². The van der Waals surface area contributed by atoms with Crippen LogP contribution in [0.5, 0.6) is 0 Å². The molecule has 0 saturated carbocycles. The molecule has 0 spiro atoms. The van der Waals surface area contributed by atoms with Gasteiger partial charge in [0, 0.05) is 12.2 Å². The molecule has 0 aliphatic heterocycles. The fraction of sp³-hybridized carbons (Fsp3) is 0.412. The summed E-state index contributed by atoms with van der Waals surface area (Å²) in [4.78, 5) is 14.2. The molecular formula is C17H24N4O. The topological polar surface area (TPSA) is 50.2 Å². The predicted octanol–water partition coefficient (Wildman–Crippen LogP) is 2.17. The number of carbonyl (C=O) groups is 1. The standard InChI is InChI=1S/C17H24N4O/c1-13-6-8-15(9-7-13)21-14(2)12-16(19-21)17(22)18-10-5-11-20(3)4/h6-9,12H,5,10-11H2,1-4H3,(H,18,22). The van der Waals surface area contributed by atoms with Gasteiger partial charge in [-0.2, -0.15) is 5.10 Å². The van der Waals surface area contributed by atoms with E-state index in [-0.39, 0.29) is 5.91 Å². The Morgan fingerprint density at radius 1 is 1.23 bits per heavy atom. The first-order chi connectivity index (χ1) is 10.5. The molecular weight excluding hydrogens is 276 g/mol. The number of nitrogens with one attached hydrogen (secondary N) is 1. The first kappa shape index (κ1) is 16.2. The number of benzene rings is 1. The summed E-state index contributed by atoms with van der Waals surface area (Å²) in [5.41, 5.74) is 3.58. The number of carbonyl (C=O) groups excluding carboxylic acids is 1. The monoisotopic (exact) mass is 300 g/mol. The molecule has 0 fully saturated rings. The van der Waals surface area contributed by atoms with Crippen molar-refractivity contribution in [2.45, 2.75) is 20.3 Å². The Balaban J connectivity index is 2.02. The summed E-state index contributed by atoms with van der Waals surface area (Å²) in [7, 11) is 4.04. The number of aromatic nitrogens is 2. The molecule has 1 aromatic carbocycles. The number of amides is 1. The maximum atomic E-state index is 12.1. The average molecular weight is 300 g/mol. The fourth-order valence-corrected chi connectivity index (χ4v) is 2.22. The van der Waals surface area contributed by atoms with E-state index in [0.29, 0.717) is 12.2 Å². The van der Waals surface area contributed by atoms with Gasteiger partial charge in [0.05, 0.1) is 5.69 Å². The molecule has 0 atom stereocenters. The fourth-order valence-electron chi connectivity index (χ4n) is 2.22. The number of rotatable bonds is 6. The molecule has 0 bridgehead atoms. The van der Waals surface area contributed by atoms with Crippen molar-refractivity contribution in [1.29, 1.82) is 0 Å². The summed E-state index contributed by atoms with van der Waals surface area (Å²) < 4.78 is 1.80. The van der Waals surface area contributed by atoms with E-state index in [1.165, 1.54) is 5.56 Å². The Morgan fingerprint density at radius 2 is 1.91 bits per heavy atom. The summed E-state index contributed by atoms with van der Waals surface area (Å²) >= 11 is 0. The van der Waals surface area contributed by atoms with Crippen molar-refractivity contribution >= 4 is 5.91 Å². The molecule has 0 unspecified atom stereocenters. The van der Waals surface area contributed by atoms with Gasteiger partial charge >= 0.3 is 0 Å². The van der Waals surface area contributed by atoms with Crippen LogP contribution in [0.1, 0.15) is 28.2 Å². The normalized spacial score (nSPS) is 11.0. The van der Waals surface area contributed by atoms with Crippen molar-refractivity contribution in [3.63, 3.8) is 0 Å². The lowest BCUT2D eigenvalue weighted by Crippen LogP contribution is -2.27. The minimum absolute atomic E-state index is 0.118. The molecule has 0 aliphatic rings. The Hall–Kier alpha value is -2.14. The second kappa shape index (κ2) is 7.22. The summed E-state index contributed by atoms with van der Waals surface area (Å²) in [6.45, 7) is 5.62. The maximum absolute atomic E-state index is 12.1. The summed E-state index contributed by atoms with van der Waals surface area (Å²) in [5, 5.41) is 7.33. The van der Waals surface area contributed by atoms with Gasteiger partial charge in [-0.1, -0.05) is 17.7 Å². The number of aryl methyl sites for hydroxylation is 2. The zero-order valence-electron chi connectivity index (χ0n) is 13.8. The van der Waals surface area contributed by atoms with E-state index < -0.39 is 0 Å². The van der Waals surface area contributed by atoms with Crippen LogP contribution in [0.2, 0.25) is 0 Å². The second-order valence-corrected chi connectivity index (χ2v) is 5.83. The van der Waals surface area contributed by atoms with Crippen LogP contribution in [-0.2, 0) is 0 Å². The van der Waals surface area contributed by atoms with Gasteiger partial charge in [-0.05, 0) is 59.1 Å². The van der Waals surface area contributed by atoms with Gasteiger partial charge in [0.15, 0.2) is 5.69 Å². The van der Waals surface area contributed by atoms with Crippen LogP contribution in [0.25, 0.3) is 5.69 Å². The lowest BCUT2D eigenvalue weighted by Gasteiger charge is -2.09. The predicted molar refractivity (Wildman–Crippen MR) is 88.5 cm³/mol. The van der Waals surface area contributed by atoms with Crippen LogP contribution in [0, 0.1) is 13.8 Å². The van der Waals surface area contributed by atoms with Gasteiger partial charge in [0.25, 0.3) is 5.91 Å². The molecule has 0 radical (unpaired) electrons. The summed E-state index contributed by atoms with van der Waals surface area (Å²) in [6.07, 6.45) is 0.927. The highest BCUT2D eigenvalue weighted by molar-refractivity contribution is 5.92. The van der Waals surface area contributed by atoms with Crippen molar-refractivity contribution in [3.8, 4) is 5.69 Å². The number of nitrogens with zero attached hydrogens (tertiary/aromatic N) is 3. The Morgan fingerprint density at radius 3 is 2.55 bits per heavy atom. The Kier molecular flexibility index (Phi) is 5.33. The minimum Gasteiger partial charge on any atom is -0.351 e. The molecule has 2 rings (SSSR count). The van der Waals surface area contributed by atoms with Crippen LogP contribution in [0.15, 0.2) is 30.3 Å². The van der Waals surface area contributed by atoms with E-state index in [4.69, 9.17) is 0 Å². The van der Waals surface area contributed by atoms with Gasteiger partial charge in [-0.3, -0.25) is 4.79 Å². The smallest absolute Gasteiger partial charge is 0.271 e. The molecule has 118 valence electrons. The Bertz CT molecular complexity index is 629. The average Bonchev–Trinajstić information content (AvgIpc) is 2.86. The molecule has 0 saturated heterocycles. The zero-order valence-corrected chi connectivity index (χ0v) is 13.8. The van der Waals surface area contributed by atoms with Crippen molar-refractivity contribution in [2.24, 2.45) is 0 Å². The first-order valence-corrected chi connectivity index (χ1v) is 7.54. The van der Waals surface area contributed by atoms with E-state index in [1.54, 1.807) is 4.68 Å². The molecule has 1 N–H and O–H groups in total. The van der Waals surface area contributed by atoms with Gasteiger partial charge in [0.1, 0.15) is 0 Å². The van der Waals surface area contributed by atoms with Crippen LogP contribution < -0.4 is 5.32 Å². The van der Waals surface area contributed by atoms with Crippen LogP contribution in [0.3, 0.4) is 0 Å². The zero-order chi connectivity index (χ0) is 16.1. The highest BCUT2D eigenvalue weighted by atomic mass is 16.1. The molecule has 22 heavy (non-hydrogen) atoms. The molecule has 1 heterocycles. The SMILES string of the molecule is Cc1ccc(-n2nc(C(=O)NCCCN(C)C)cc2C)cc1. The minimum atomic E-state index is -0.118. The molecule has 1 amide bonds. The third-order valence-corrected chi connectivity index (χ3v) is 3.47. The van der Waals surface area contributed by atoms with E-state index >= 15 is 0 Å². The molecule has 5 nitrogen and oxygen atoms in total. The quantitative estimate of drug-likeness (QED) is 0.832. The lowest BCUT2D eigenvalue weighted by atomic mass is 10.2. The summed E-state index contributed by atoms with van der Waals surface area (Å²) in [6, 6.07) is 9.91. The van der Waals surface area contributed by atoms with Crippen molar-refractivity contribution < 1.29 is 4.79 Å². The molecule has 5 heteroatoms. The molecule has 0 aliphatic carbocycles. The van der Waals surface area contributed by atoms with E-state index in [1.807, 2.05) is 58.3 Å². The first-order valence-electron chi connectivity index (χ1n) is 7.54. The largest absolute Gasteiger partial charge is 0.351 e. The molecule has 1 aromatic heterocycles. The van der Waals surface area contributed by atoms with Crippen molar-refractivity contribution in [1.82, 2.24) is 20.0 Å². The van der Waals surface area contributed by atoms with Gasteiger partial charge < -0.3 is 10.2 Å². The lowest BCUT2D eigenvalue weighted by molar-refractivity contribution is 0.0947. The maximum Gasteiger partial charge on any atom is 0.271 e. The van der Waals surface area contributed by atoms with E-state index in [9.17, 15) is 4.79 Å². The van der Waals surface area contributed by atoms with Gasteiger partial charge in [0.2, 0.25) is 0 Å². The van der Waals surface area contributed by atoms with Crippen molar-refractivity contribution in [2.75, 3.05) is 27.2 Å². The van der Waals surface area contributed by atoms with Crippen LogP contribution >= 0.6 is 0 Å². The van der Waals surface area contributed by atoms with Crippen LogP contribution in [-0.4, -0.2) is 47.8 Å². The van der Waals surface area contributed by atoms with Crippen molar-refractivity contribution in [3.05, 3.63) is 47.3 Å². The van der Waals surface area contributed by atoms with Gasteiger partial charge in [-0.25, -0.2) is 4.68 Å². The number of hydrogen-bond acceptors (Lipinski definition) is 3. The Labute approximate surface area is 131 Å². The molecule has 2 aromatic rings. The highest BCUT2D eigenvalue weighted by Gasteiger charge is 2.12. The third-order valence-electron chi connectivity index (χ3n) is 3.47.